The van der Waals surface area contributed by atoms with Gasteiger partial charge in [0.1, 0.15) is 5.75 Å². The lowest BCUT2D eigenvalue weighted by atomic mass is 9.99. The molecule has 0 aliphatic carbocycles. The fraction of sp³-hybridized carbons (Fsp3) is 0.0833. The molecule has 5 nitrogen and oxygen atoms in total. The maximum Gasteiger partial charge on any atom is 0.265 e. The normalized spacial score (nSPS) is 17.5. The van der Waals surface area contributed by atoms with Crippen molar-refractivity contribution in [1.29, 1.82) is 0 Å². The van der Waals surface area contributed by atoms with E-state index in [1.54, 1.807) is 42.5 Å². The monoisotopic (exact) mass is 484 g/mol. The Morgan fingerprint density at radius 2 is 1.78 bits per heavy atom. The van der Waals surface area contributed by atoms with Crippen LogP contribution in [0.25, 0.3) is 6.08 Å². The summed E-state index contributed by atoms with van der Waals surface area (Å²) in [4.78, 5) is 14.5. The fourth-order valence-electron chi connectivity index (χ4n) is 3.42. The zero-order valence-electron chi connectivity index (χ0n) is 16.6. The Kier molecular flexibility index (Phi) is 6.48. The van der Waals surface area contributed by atoms with Gasteiger partial charge < -0.3 is 15.5 Å². The Morgan fingerprint density at radius 3 is 2.50 bits per heavy atom. The number of aromatic hydroxyl groups is 1. The minimum absolute atomic E-state index is 0.0217. The summed E-state index contributed by atoms with van der Waals surface area (Å²) in [6.45, 7) is 0. The van der Waals surface area contributed by atoms with E-state index in [0.717, 1.165) is 11.1 Å². The molecule has 0 aromatic heterocycles. The third kappa shape index (κ3) is 4.64. The highest BCUT2D eigenvalue weighted by atomic mass is 35.5. The summed E-state index contributed by atoms with van der Waals surface area (Å²) in [6.07, 6.45) is 0.687. The summed E-state index contributed by atoms with van der Waals surface area (Å²) >= 11 is 17.5. The third-order valence-electron chi connectivity index (χ3n) is 5.05. The van der Waals surface area contributed by atoms with Crippen molar-refractivity contribution in [2.75, 3.05) is 4.90 Å². The molecule has 1 unspecified atom stereocenters. The van der Waals surface area contributed by atoms with Crippen LogP contribution in [0.2, 0.25) is 10.0 Å². The molecule has 3 aromatic rings. The predicted molar refractivity (Wildman–Crippen MR) is 131 cm³/mol. The number of benzene rings is 3. The molecule has 1 amide bonds. The van der Waals surface area contributed by atoms with Crippen molar-refractivity contribution >= 4 is 58.2 Å². The first-order valence-electron chi connectivity index (χ1n) is 9.69. The Balaban J connectivity index is 1.68. The molecule has 8 heteroatoms. The number of carbonyl (C=O) groups excluding carboxylic acids is 1. The molecule has 32 heavy (non-hydrogen) atoms. The summed E-state index contributed by atoms with van der Waals surface area (Å²) in [5, 5.41) is 24.8. The van der Waals surface area contributed by atoms with Gasteiger partial charge >= 0.3 is 0 Å². The number of nitrogens with one attached hydrogen (secondary N) is 1. The second-order valence-corrected chi connectivity index (χ2v) is 8.46. The Bertz CT molecular complexity index is 1230. The lowest BCUT2D eigenvalue weighted by Crippen LogP contribution is -2.56. The molecule has 0 spiro atoms. The predicted octanol–water partition coefficient (Wildman–Crippen LogP) is 4.91. The minimum atomic E-state index is -1.31. The number of thiocarbonyl (C=S) groups is 1. The van der Waals surface area contributed by atoms with Gasteiger partial charge in [-0.1, -0.05) is 47.5 Å². The maximum atomic E-state index is 13.2. The Hall–Kier alpha value is -2.90. The average Bonchev–Trinajstić information content (AvgIpc) is 2.76. The van der Waals surface area contributed by atoms with Gasteiger partial charge in [0, 0.05) is 15.6 Å². The standard InChI is InChI=1S/C24H18Cl2N2O3S/c25-17-6-8-18(9-7-17)28-23(31)19(22(30)27-24(28)32)13-16-12-14(5-10-21(16)29)11-15-3-1-2-4-20(15)26/h1-10,12-13,22,29-30H,11H2,(H,27,32)/b19-13+. The van der Waals surface area contributed by atoms with Crippen molar-refractivity contribution in [2.24, 2.45) is 0 Å². The summed E-state index contributed by atoms with van der Waals surface area (Å²) in [6, 6.07) is 19.2. The van der Waals surface area contributed by atoms with Gasteiger partial charge in [0.05, 0.1) is 11.3 Å². The first kappa shape index (κ1) is 22.3. The highest BCUT2D eigenvalue weighted by Crippen LogP contribution is 2.29. The van der Waals surface area contributed by atoms with Crippen molar-refractivity contribution in [2.45, 2.75) is 12.6 Å². The minimum Gasteiger partial charge on any atom is -0.507 e. The van der Waals surface area contributed by atoms with Gasteiger partial charge in [-0.3, -0.25) is 9.69 Å². The smallest absolute Gasteiger partial charge is 0.265 e. The van der Waals surface area contributed by atoms with Gasteiger partial charge in [-0.15, -0.1) is 0 Å². The van der Waals surface area contributed by atoms with Gasteiger partial charge in [0.15, 0.2) is 11.3 Å². The first-order valence-corrected chi connectivity index (χ1v) is 10.9. The van der Waals surface area contributed by atoms with E-state index >= 15 is 0 Å². The van der Waals surface area contributed by atoms with E-state index in [1.165, 1.54) is 11.0 Å². The zero-order chi connectivity index (χ0) is 22.8. The zero-order valence-corrected chi connectivity index (χ0v) is 19.0. The van der Waals surface area contributed by atoms with Crippen LogP contribution in [0.15, 0.2) is 72.3 Å². The summed E-state index contributed by atoms with van der Waals surface area (Å²) in [5.74, 6) is -0.522. The highest BCUT2D eigenvalue weighted by Gasteiger charge is 2.34. The number of hydrogen-bond donors (Lipinski definition) is 3. The molecule has 0 saturated carbocycles. The molecule has 1 atom stereocenters. The number of halogens is 2. The molecular weight excluding hydrogens is 467 g/mol. The topological polar surface area (TPSA) is 72.8 Å². The van der Waals surface area contributed by atoms with E-state index in [4.69, 9.17) is 35.4 Å². The lowest BCUT2D eigenvalue weighted by Gasteiger charge is -2.33. The van der Waals surface area contributed by atoms with E-state index in [0.29, 0.717) is 27.7 Å². The van der Waals surface area contributed by atoms with Crippen LogP contribution < -0.4 is 10.2 Å². The molecule has 162 valence electrons. The van der Waals surface area contributed by atoms with Crippen LogP contribution in [-0.4, -0.2) is 27.5 Å². The number of amides is 1. The number of carbonyl (C=O) groups is 1. The molecule has 1 aliphatic rings. The van der Waals surface area contributed by atoms with Gasteiger partial charge in [-0.05, 0) is 78.3 Å². The number of anilines is 1. The number of phenolic OH excluding ortho intramolecular Hbond substituents is 1. The van der Waals surface area contributed by atoms with Crippen LogP contribution in [0.1, 0.15) is 16.7 Å². The third-order valence-corrected chi connectivity index (χ3v) is 5.97. The summed E-state index contributed by atoms with van der Waals surface area (Å²) in [5.41, 5.74) is 2.76. The molecule has 3 N–H and O–H groups in total. The Morgan fingerprint density at radius 1 is 1.06 bits per heavy atom. The van der Waals surface area contributed by atoms with Crippen molar-refractivity contribution in [3.05, 3.63) is 99.0 Å². The second kappa shape index (κ2) is 9.30. The van der Waals surface area contributed by atoms with Crippen molar-refractivity contribution in [3.8, 4) is 5.75 Å². The van der Waals surface area contributed by atoms with Crippen LogP contribution in [0.5, 0.6) is 5.75 Å². The number of nitrogens with zero attached hydrogens (tertiary/aromatic N) is 1. The van der Waals surface area contributed by atoms with Crippen molar-refractivity contribution < 1.29 is 15.0 Å². The van der Waals surface area contributed by atoms with Crippen molar-refractivity contribution in [1.82, 2.24) is 5.32 Å². The van der Waals surface area contributed by atoms with E-state index < -0.39 is 12.1 Å². The van der Waals surface area contributed by atoms with Crippen LogP contribution in [0.4, 0.5) is 5.69 Å². The van der Waals surface area contributed by atoms with E-state index in [-0.39, 0.29) is 16.4 Å². The van der Waals surface area contributed by atoms with E-state index in [2.05, 4.69) is 5.32 Å². The molecular formula is C24H18Cl2N2O3S. The fourth-order valence-corrected chi connectivity index (χ4v) is 4.05. The first-order chi connectivity index (χ1) is 15.3. The molecule has 1 heterocycles. The summed E-state index contributed by atoms with van der Waals surface area (Å²) in [7, 11) is 0. The maximum absolute atomic E-state index is 13.2. The number of hydrogen-bond acceptors (Lipinski definition) is 4. The number of rotatable bonds is 4. The molecule has 1 aliphatic heterocycles. The van der Waals surface area contributed by atoms with Gasteiger partial charge in [-0.25, -0.2) is 0 Å². The van der Waals surface area contributed by atoms with Gasteiger partial charge in [0.2, 0.25) is 0 Å². The van der Waals surface area contributed by atoms with Crippen LogP contribution >= 0.6 is 35.4 Å². The van der Waals surface area contributed by atoms with Gasteiger partial charge in [0.25, 0.3) is 5.91 Å². The average molecular weight is 485 g/mol. The number of aliphatic hydroxyl groups is 1. The van der Waals surface area contributed by atoms with Crippen LogP contribution in [0.3, 0.4) is 0 Å². The Labute approximate surface area is 200 Å². The molecule has 3 aromatic carbocycles. The number of aliphatic hydroxyl groups excluding tert-OH is 1. The van der Waals surface area contributed by atoms with Gasteiger partial charge in [-0.2, -0.15) is 0 Å². The molecule has 1 fully saturated rings. The molecule has 0 radical (unpaired) electrons. The summed E-state index contributed by atoms with van der Waals surface area (Å²) < 4.78 is 0. The molecule has 1 saturated heterocycles. The number of phenols is 1. The quantitative estimate of drug-likeness (QED) is 0.362. The molecule has 0 bridgehead atoms. The SMILES string of the molecule is O=C1/C(=C/c2cc(Cc3ccccc3Cl)ccc2O)C(O)NC(=S)N1c1ccc(Cl)cc1. The van der Waals surface area contributed by atoms with E-state index in [1.807, 2.05) is 24.3 Å². The van der Waals surface area contributed by atoms with Crippen LogP contribution in [0, 0.1) is 0 Å². The largest absolute Gasteiger partial charge is 0.507 e. The van der Waals surface area contributed by atoms with Crippen LogP contribution in [-0.2, 0) is 11.2 Å². The van der Waals surface area contributed by atoms with E-state index in [9.17, 15) is 15.0 Å². The second-order valence-electron chi connectivity index (χ2n) is 7.23. The lowest BCUT2D eigenvalue weighted by molar-refractivity contribution is -0.115. The van der Waals surface area contributed by atoms with Crippen molar-refractivity contribution in [3.63, 3.8) is 0 Å². The highest BCUT2D eigenvalue weighted by molar-refractivity contribution is 7.80. The molecule has 4 rings (SSSR count).